The number of nitrogens with zero attached hydrogens (tertiary/aromatic N) is 1. The van der Waals surface area contributed by atoms with E-state index in [9.17, 15) is 13.2 Å². The van der Waals surface area contributed by atoms with Gasteiger partial charge in [-0.2, -0.15) is 0 Å². The van der Waals surface area contributed by atoms with Gasteiger partial charge in [-0.25, -0.2) is 8.42 Å². The van der Waals surface area contributed by atoms with E-state index >= 15 is 0 Å². The van der Waals surface area contributed by atoms with Crippen molar-refractivity contribution >= 4 is 21.6 Å². The summed E-state index contributed by atoms with van der Waals surface area (Å²) in [6.45, 7) is 3.01. The molecule has 0 bridgehead atoms. The first-order chi connectivity index (χ1) is 14.9. The average molecular weight is 439 g/mol. The number of rotatable bonds is 9. The standard InChI is InChI=1S/C24H26N2O4S/c1-19-10-6-7-15-23(19)30-17-9-16-26(2)24(27)20-11-8-12-21(18-20)25-31(28,29)22-13-4-3-5-14-22/h3-8,10-15,18,25H,9,16-17H2,1-2H3. The second kappa shape index (κ2) is 10.1. The van der Waals surface area contributed by atoms with Crippen LogP contribution in [0.4, 0.5) is 5.69 Å². The molecule has 0 spiro atoms. The molecule has 162 valence electrons. The highest BCUT2D eigenvalue weighted by molar-refractivity contribution is 7.92. The van der Waals surface area contributed by atoms with E-state index in [4.69, 9.17) is 4.74 Å². The molecule has 1 N–H and O–H groups in total. The Labute approximate surface area is 183 Å². The quantitative estimate of drug-likeness (QED) is 0.505. The minimum Gasteiger partial charge on any atom is -0.493 e. The summed E-state index contributed by atoms with van der Waals surface area (Å²) in [6, 6.07) is 22.4. The second-order valence-electron chi connectivity index (χ2n) is 7.19. The maximum atomic E-state index is 12.8. The number of nitrogens with one attached hydrogen (secondary N) is 1. The van der Waals surface area contributed by atoms with Crippen LogP contribution in [-0.2, 0) is 10.0 Å². The zero-order valence-electron chi connectivity index (χ0n) is 17.6. The van der Waals surface area contributed by atoms with E-state index in [1.54, 1.807) is 54.4 Å². The van der Waals surface area contributed by atoms with Crippen LogP contribution in [0.5, 0.6) is 5.75 Å². The Kier molecular flexibility index (Phi) is 7.31. The number of carbonyl (C=O) groups is 1. The average Bonchev–Trinajstić information content (AvgIpc) is 2.77. The molecule has 0 aliphatic rings. The van der Waals surface area contributed by atoms with Gasteiger partial charge in [0.1, 0.15) is 5.75 Å². The van der Waals surface area contributed by atoms with E-state index in [0.717, 1.165) is 11.3 Å². The number of anilines is 1. The number of hydrogen-bond donors (Lipinski definition) is 1. The lowest BCUT2D eigenvalue weighted by Gasteiger charge is -2.18. The van der Waals surface area contributed by atoms with Gasteiger partial charge in [-0.3, -0.25) is 9.52 Å². The van der Waals surface area contributed by atoms with Crippen LogP contribution in [0.1, 0.15) is 22.3 Å². The van der Waals surface area contributed by atoms with Crippen molar-refractivity contribution in [3.63, 3.8) is 0 Å². The third kappa shape index (κ3) is 6.08. The third-order valence-corrected chi connectivity index (χ3v) is 6.15. The molecule has 0 heterocycles. The number of sulfonamides is 1. The Morgan fingerprint density at radius 1 is 0.968 bits per heavy atom. The fourth-order valence-corrected chi connectivity index (χ4v) is 4.12. The van der Waals surface area contributed by atoms with Crippen LogP contribution in [0.25, 0.3) is 0 Å². The first kappa shape index (κ1) is 22.4. The number of benzene rings is 3. The van der Waals surface area contributed by atoms with Gasteiger partial charge in [0.25, 0.3) is 15.9 Å². The molecule has 0 saturated carbocycles. The molecule has 3 aromatic rings. The number of hydrogen-bond acceptors (Lipinski definition) is 4. The van der Waals surface area contributed by atoms with Crippen LogP contribution in [0, 0.1) is 6.92 Å². The highest BCUT2D eigenvalue weighted by Crippen LogP contribution is 2.18. The van der Waals surface area contributed by atoms with Crippen molar-refractivity contribution < 1.29 is 17.9 Å². The lowest BCUT2D eigenvalue weighted by atomic mass is 10.2. The van der Waals surface area contributed by atoms with Gasteiger partial charge in [0.05, 0.1) is 11.5 Å². The summed E-state index contributed by atoms with van der Waals surface area (Å²) in [5, 5.41) is 0. The Morgan fingerprint density at radius 2 is 1.68 bits per heavy atom. The molecule has 0 aromatic heterocycles. The van der Waals surface area contributed by atoms with Crippen LogP contribution >= 0.6 is 0 Å². The first-order valence-corrected chi connectivity index (χ1v) is 11.5. The number of ether oxygens (including phenoxy) is 1. The van der Waals surface area contributed by atoms with E-state index in [1.165, 1.54) is 12.1 Å². The molecule has 31 heavy (non-hydrogen) atoms. The van der Waals surface area contributed by atoms with Crippen LogP contribution in [0.2, 0.25) is 0 Å². The summed E-state index contributed by atoms with van der Waals surface area (Å²) in [7, 11) is -2.00. The zero-order chi connectivity index (χ0) is 22.3. The van der Waals surface area contributed by atoms with Gasteiger partial charge >= 0.3 is 0 Å². The molecule has 0 fully saturated rings. The maximum absolute atomic E-state index is 12.8. The molecule has 1 amide bonds. The van der Waals surface area contributed by atoms with E-state index in [-0.39, 0.29) is 10.8 Å². The fraction of sp³-hybridized carbons (Fsp3) is 0.208. The fourth-order valence-electron chi connectivity index (χ4n) is 3.05. The van der Waals surface area contributed by atoms with E-state index in [0.29, 0.717) is 30.8 Å². The molecular formula is C24H26N2O4S. The topological polar surface area (TPSA) is 75.7 Å². The van der Waals surface area contributed by atoms with Gasteiger partial charge in [-0.1, -0.05) is 42.5 Å². The third-order valence-electron chi connectivity index (χ3n) is 4.75. The van der Waals surface area contributed by atoms with Gasteiger partial charge < -0.3 is 9.64 Å². The minimum atomic E-state index is -3.71. The monoisotopic (exact) mass is 438 g/mol. The molecule has 0 atom stereocenters. The molecule has 0 radical (unpaired) electrons. The first-order valence-electron chi connectivity index (χ1n) is 9.98. The smallest absolute Gasteiger partial charge is 0.261 e. The summed E-state index contributed by atoms with van der Waals surface area (Å²) in [4.78, 5) is 14.5. The van der Waals surface area contributed by atoms with Gasteiger partial charge in [0, 0.05) is 24.8 Å². The van der Waals surface area contributed by atoms with Crippen molar-refractivity contribution in [1.29, 1.82) is 0 Å². The number of para-hydroxylation sites is 1. The largest absolute Gasteiger partial charge is 0.493 e. The van der Waals surface area contributed by atoms with Crippen molar-refractivity contribution in [3.05, 3.63) is 90.0 Å². The lowest BCUT2D eigenvalue weighted by molar-refractivity contribution is 0.0788. The molecule has 3 aromatic carbocycles. The molecule has 3 rings (SSSR count). The van der Waals surface area contributed by atoms with Gasteiger partial charge in [0.15, 0.2) is 0 Å². The molecule has 0 unspecified atom stereocenters. The van der Waals surface area contributed by atoms with Crippen LogP contribution in [-0.4, -0.2) is 39.4 Å². The van der Waals surface area contributed by atoms with E-state index in [2.05, 4.69) is 4.72 Å². The van der Waals surface area contributed by atoms with E-state index < -0.39 is 10.0 Å². The van der Waals surface area contributed by atoms with Crippen molar-refractivity contribution in [2.24, 2.45) is 0 Å². The van der Waals surface area contributed by atoms with Crippen LogP contribution in [0.3, 0.4) is 0 Å². The van der Waals surface area contributed by atoms with Gasteiger partial charge in [-0.15, -0.1) is 0 Å². The van der Waals surface area contributed by atoms with E-state index in [1.807, 2.05) is 31.2 Å². The Hall–Kier alpha value is -3.32. The van der Waals surface area contributed by atoms with Crippen LogP contribution < -0.4 is 9.46 Å². The highest BCUT2D eigenvalue weighted by Gasteiger charge is 2.16. The second-order valence-corrected chi connectivity index (χ2v) is 8.88. The molecule has 6 nitrogen and oxygen atoms in total. The summed E-state index contributed by atoms with van der Waals surface area (Å²) in [5.41, 5.74) is 1.82. The molecular weight excluding hydrogens is 412 g/mol. The summed E-state index contributed by atoms with van der Waals surface area (Å²) < 4.78 is 33.3. The van der Waals surface area contributed by atoms with Crippen LogP contribution in [0.15, 0.2) is 83.8 Å². The van der Waals surface area contributed by atoms with Crippen molar-refractivity contribution in [2.45, 2.75) is 18.2 Å². The van der Waals surface area contributed by atoms with Gasteiger partial charge in [-0.05, 0) is 55.3 Å². The maximum Gasteiger partial charge on any atom is 0.261 e. The number of carbonyl (C=O) groups excluding carboxylic acids is 1. The SMILES string of the molecule is Cc1ccccc1OCCCN(C)C(=O)c1cccc(NS(=O)(=O)c2ccccc2)c1. The van der Waals surface area contributed by atoms with Gasteiger partial charge in [0.2, 0.25) is 0 Å². The molecule has 0 saturated heterocycles. The Balaban J connectivity index is 1.57. The summed E-state index contributed by atoms with van der Waals surface area (Å²) in [6.07, 6.45) is 0.677. The van der Waals surface area contributed by atoms with Crippen molar-refractivity contribution in [3.8, 4) is 5.75 Å². The Bertz CT molecular complexity index is 1130. The molecule has 0 aliphatic heterocycles. The number of amides is 1. The predicted molar refractivity (Wildman–Crippen MR) is 122 cm³/mol. The zero-order valence-corrected chi connectivity index (χ0v) is 18.4. The highest BCUT2D eigenvalue weighted by atomic mass is 32.2. The minimum absolute atomic E-state index is 0.164. The summed E-state index contributed by atoms with van der Waals surface area (Å²) >= 11 is 0. The summed E-state index contributed by atoms with van der Waals surface area (Å²) in [5.74, 6) is 0.659. The lowest BCUT2D eigenvalue weighted by Crippen LogP contribution is -2.28. The van der Waals surface area contributed by atoms with Crippen molar-refractivity contribution in [1.82, 2.24) is 4.90 Å². The predicted octanol–water partition coefficient (Wildman–Crippen LogP) is 4.34. The Morgan fingerprint density at radius 3 is 2.42 bits per heavy atom. The molecule has 7 heteroatoms. The van der Waals surface area contributed by atoms with Crippen molar-refractivity contribution in [2.75, 3.05) is 24.9 Å². The normalized spacial score (nSPS) is 11.0. The molecule has 0 aliphatic carbocycles. The number of aryl methyl sites for hydroxylation is 1.